The molecule has 0 aliphatic heterocycles. The number of carbonyl (C=O) groups is 1. The first-order valence-corrected chi connectivity index (χ1v) is 6.95. The maximum absolute atomic E-state index is 11.9. The number of amides is 1. The minimum Gasteiger partial charge on any atom is -0.370 e. The summed E-state index contributed by atoms with van der Waals surface area (Å²) in [5.74, 6) is -0.554. The maximum Gasteiger partial charge on any atom is 0.240 e. The molecule has 1 rings (SSSR count). The highest BCUT2D eigenvalue weighted by Gasteiger charge is 2.14. The molecule has 1 atom stereocenters. The molecule has 0 saturated carbocycles. The zero-order valence-electron chi connectivity index (χ0n) is 10.1. The van der Waals surface area contributed by atoms with E-state index in [1.165, 1.54) is 12.1 Å². The molecule has 1 amide bonds. The van der Waals surface area contributed by atoms with Crippen LogP contribution < -0.4 is 16.2 Å². The zero-order valence-corrected chi connectivity index (χ0v) is 10.9. The van der Waals surface area contributed by atoms with Gasteiger partial charge in [-0.3, -0.25) is 4.79 Å². The number of benzene rings is 1. The molecule has 1 aromatic carbocycles. The van der Waals surface area contributed by atoms with Crippen LogP contribution in [0, 0.1) is 0 Å². The first kappa shape index (κ1) is 14.6. The molecule has 7 heteroatoms. The molecule has 1 aromatic rings. The van der Waals surface area contributed by atoms with E-state index in [0.29, 0.717) is 0 Å². The van der Waals surface area contributed by atoms with Gasteiger partial charge in [0, 0.05) is 19.0 Å². The minimum atomic E-state index is -3.63. The number of nitrogens with two attached hydrogens (primary N) is 2. The van der Waals surface area contributed by atoms with Crippen LogP contribution in [0.25, 0.3) is 0 Å². The predicted octanol–water partition coefficient (Wildman–Crippen LogP) is -0.140. The Kier molecular flexibility index (Phi) is 4.83. The van der Waals surface area contributed by atoms with E-state index < -0.39 is 15.9 Å². The number of primary amides is 1. The molecule has 0 spiro atoms. The molecule has 0 heterocycles. The van der Waals surface area contributed by atoms with Crippen molar-refractivity contribution in [2.24, 2.45) is 11.5 Å². The third-order valence-corrected chi connectivity index (χ3v) is 3.82. The quantitative estimate of drug-likeness (QED) is 0.667. The SMILES string of the molecule is CC(N)c1cccc(S(=O)(=O)NCCC(N)=O)c1. The molecule has 0 radical (unpaired) electrons. The summed E-state index contributed by atoms with van der Waals surface area (Å²) >= 11 is 0. The third kappa shape index (κ3) is 4.10. The van der Waals surface area contributed by atoms with Gasteiger partial charge in [-0.2, -0.15) is 0 Å². The van der Waals surface area contributed by atoms with Gasteiger partial charge in [0.1, 0.15) is 0 Å². The molecular formula is C11H17N3O3S. The standard InChI is InChI=1S/C11H17N3O3S/c1-8(12)9-3-2-4-10(7-9)18(16,17)14-6-5-11(13)15/h2-4,7-8,14H,5-6,12H2,1H3,(H2,13,15). The summed E-state index contributed by atoms with van der Waals surface area (Å²) in [6.07, 6.45) is -0.0355. The van der Waals surface area contributed by atoms with Gasteiger partial charge in [0.2, 0.25) is 15.9 Å². The van der Waals surface area contributed by atoms with Crippen LogP contribution in [0.2, 0.25) is 0 Å². The van der Waals surface area contributed by atoms with Gasteiger partial charge in [0.25, 0.3) is 0 Å². The highest BCUT2D eigenvalue weighted by molar-refractivity contribution is 7.89. The van der Waals surface area contributed by atoms with E-state index in [9.17, 15) is 13.2 Å². The Bertz CT molecular complexity index is 526. The molecule has 0 aromatic heterocycles. The van der Waals surface area contributed by atoms with Crippen molar-refractivity contribution in [1.82, 2.24) is 4.72 Å². The average Bonchev–Trinajstić information content (AvgIpc) is 2.28. The van der Waals surface area contributed by atoms with E-state index >= 15 is 0 Å². The lowest BCUT2D eigenvalue weighted by Crippen LogP contribution is -2.28. The highest BCUT2D eigenvalue weighted by atomic mass is 32.2. The Morgan fingerprint density at radius 1 is 1.44 bits per heavy atom. The molecule has 18 heavy (non-hydrogen) atoms. The lowest BCUT2D eigenvalue weighted by atomic mass is 10.1. The zero-order chi connectivity index (χ0) is 13.8. The predicted molar refractivity (Wildman–Crippen MR) is 68.0 cm³/mol. The van der Waals surface area contributed by atoms with E-state index in [-0.39, 0.29) is 23.9 Å². The molecule has 0 fully saturated rings. The smallest absolute Gasteiger partial charge is 0.240 e. The second-order valence-electron chi connectivity index (χ2n) is 3.98. The van der Waals surface area contributed by atoms with Crippen LogP contribution in [0.15, 0.2) is 29.2 Å². The van der Waals surface area contributed by atoms with Crippen LogP contribution in [0.4, 0.5) is 0 Å². The molecule has 0 aliphatic carbocycles. The van der Waals surface area contributed by atoms with Crippen LogP contribution in [0.5, 0.6) is 0 Å². The lowest BCUT2D eigenvalue weighted by Gasteiger charge is -2.09. The molecule has 0 bridgehead atoms. The van der Waals surface area contributed by atoms with E-state index in [4.69, 9.17) is 11.5 Å². The van der Waals surface area contributed by atoms with Gasteiger partial charge in [0.15, 0.2) is 0 Å². The molecule has 0 aliphatic rings. The number of hydrogen-bond acceptors (Lipinski definition) is 4. The van der Waals surface area contributed by atoms with Crippen molar-refractivity contribution in [3.8, 4) is 0 Å². The first-order valence-electron chi connectivity index (χ1n) is 5.46. The molecule has 6 nitrogen and oxygen atoms in total. The fourth-order valence-electron chi connectivity index (χ4n) is 1.36. The summed E-state index contributed by atoms with van der Waals surface area (Å²) in [5, 5.41) is 0. The monoisotopic (exact) mass is 271 g/mol. The van der Waals surface area contributed by atoms with Crippen LogP contribution in [0.3, 0.4) is 0 Å². The fourth-order valence-corrected chi connectivity index (χ4v) is 2.44. The van der Waals surface area contributed by atoms with Crippen LogP contribution >= 0.6 is 0 Å². The third-order valence-electron chi connectivity index (χ3n) is 2.36. The van der Waals surface area contributed by atoms with Gasteiger partial charge < -0.3 is 11.5 Å². The van der Waals surface area contributed by atoms with Crippen molar-refractivity contribution in [3.05, 3.63) is 29.8 Å². The molecule has 0 saturated heterocycles. The summed E-state index contributed by atoms with van der Waals surface area (Å²) in [6, 6.07) is 6.12. The van der Waals surface area contributed by atoms with E-state index in [2.05, 4.69) is 4.72 Å². The Hall–Kier alpha value is -1.44. The molecule has 1 unspecified atom stereocenters. The van der Waals surface area contributed by atoms with Gasteiger partial charge >= 0.3 is 0 Å². The number of rotatable bonds is 6. The van der Waals surface area contributed by atoms with Crippen molar-refractivity contribution >= 4 is 15.9 Å². The van der Waals surface area contributed by atoms with Gasteiger partial charge in [-0.1, -0.05) is 12.1 Å². The van der Waals surface area contributed by atoms with Gasteiger partial charge in [0.05, 0.1) is 4.90 Å². The largest absolute Gasteiger partial charge is 0.370 e. The lowest BCUT2D eigenvalue weighted by molar-refractivity contribution is -0.117. The summed E-state index contributed by atoms with van der Waals surface area (Å²) in [6.45, 7) is 1.76. The Labute approximate surface area is 106 Å². The van der Waals surface area contributed by atoms with Gasteiger partial charge in [-0.15, -0.1) is 0 Å². The second-order valence-corrected chi connectivity index (χ2v) is 5.74. The maximum atomic E-state index is 11.9. The van der Waals surface area contributed by atoms with Crippen LogP contribution in [-0.2, 0) is 14.8 Å². The van der Waals surface area contributed by atoms with Gasteiger partial charge in [-0.25, -0.2) is 13.1 Å². The van der Waals surface area contributed by atoms with E-state index in [1.807, 2.05) is 0 Å². The van der Waals surface area contributed by atoms with Crippen LogP contribution in [-0.4, -0.2) is 20.9 Å². The molecule has 5 N–H and O–H groups in total. The Morgan fingerprint density at radius 2 is 2.11 bits per heavy atom. The van der Waals surface area contributed by atoms with Gasteiger partial charge in [-0.05, 0) is 24.6 Å². The normalized spacial score (nSPS) is 13.2. The van der Waals surface area contributed by atoms with Crippen molar-refractivity contribution in [1.29, 1.82) is 0 Å². The molecule has 100 valence electrons. The van der Waals surface area contributed by atoms with E-state index in [0.717, 1.165) is 5.56 Å². The fraction of sp³-hybridized carbons (Fsp3) is 0.364. The Balaban J connectivity index is 2.84. The van der Waals surface area contributed by atoms with Crippen molar-refractivity contribution in [2.75, 3.05) is 6.54 Å². The van der Waals surface area contributed by atoms with Crippen molar-refractivity contribution < 1.29 is 13.2 Å². The summed E-state index contributed by atoms with van der Waals surface area (Å²) in [7, 11) is -3.63. The highest BCUT2D eigenvalue weighted by Crippen LogP contribution is 2.15. The summed E-state index contributed by atoms with van der Waals surface area (Å²) < 4.78 is 26.1. The summed E-state index contributed by atoms with van der Waals surface area (Å²) in [4.78, 5) is 10.7. The Morgan fingerprint density at radius 3 is 2.67 bits per heavy atom. The first-order chi connectivity index (χ1) is 8.33. The average molecular weight is 271 g/mol. The van der Waals surface area contributed by atoms with Crippen LogP contribution in [0.1, 0.15) is 24.9 Å². The summed E-state index contributed by atoms with van der Waals surface area (Å²) in [5.41, 5.74) is 11.4. The number of sulfonamides is 1. The van der Waals surface area contributed by atoms with Crippen molar-refractivity contribution in [3.63, 3.8) is 0 Å². The topological polar surface area (TPSA) is 115 Å². The molecular weight excluding hydrogens is 254 g/mol. The second kappa shape index (κ2) is 5.94. The van der Waals surface area contributed by atoms with Crippen molar-refractivity contribution in [2.45, 2.75) is 24.3 Å². The van der Waals surface area contributed by atoms with E-state index in [1.54, 1.807) is 19.1 Å². The minimum absolute atomic E-state index is 0.0138. The number of carbonyl (C=O) groups excluding carboxylic acids is 1. The number of hydrogen-bond donors (Lipinski definition) is 3. The number of nitrogens with one attached hydrogen (secondary N) is 1.